The number of fused-ring (bicyclic) bond motifs is 1. The lowest BCUT2D eigenvalue weighted by Crippen LogP contribution is -2.19. The molecule has 6 heteroatoms. The van der Waals surface area contributed by atoms with Gasteiger partial charge in [0.1, 0.15) is 13.0 Å². The Morgan fingerprint density at radius 3 is 1.68 bits per heavy atom. The molecule has 4 aromatic carbocycles. The maximum Gasteiger partial charge on any atom is 0.187 e. The number of anilines is 1. The van der Waals surface area contributed by atoms with Gasteiger partial charge < -0.3 is 5.73 Å². The fourth-order valence-electron chi connectivity index (χ4n) is 4.29. The second-order valence-corrected chi connectivity index (χ2v) is 10.7. The van der Waals surface area contributed by atoms with Crippen molar-refractivity contribution in [3.05, 3.63) is 132 Å². The van der Waals surface area contributed by atoms with E-state index in [1.165, 1.54) is 0 Å². The molecule has 1 aliphatic rings. The third-order valence-corrected chi connectivity index (χ3v) is 8.91. The fourth-order valence-corrected chi connectivity index (χ4v) is 7.19. The van der Waals surface area contributed by atoms with E-state index >= 15 is 0 Å². The van der Waals surface area contributed by atoms with Crippen LogP contribution in [0.4, 0.5) is 11.6 Å². The first-order chi connectivity index (χ1) is 16.8. The Bertz CT molecular complexity index is 1500. The lowest BCUT2D eigenvalue weighted by atomic mass is 10.0. The van der Waals surface area contributed by atoms with Gasteiger partial charge >= 0.3 is 0 Å². The van der Waals surface area contributed by atoms with Crippen LogP contribution in [0.15, 0.2) is 131 Å². The molecule has 164 valence electrons. The lowest BCUT2D eigenvalue weighted by molar-refractivity contribution is 0.892. The first-order valence-electron chi connectivity index (χ1n) is 11.1. The number of rotatable bonds is 4. The van der Waals surface area contributed by atoms with Gasteiger partial charge in [-0.1, -0.05) is 109 Å². The summed E-state index contributed by atoms with van der Waals surface area (Å²) in [6, 6.07) is 40.7. The SMILES string of the molecule is Nc1c2c(nn1-c1ccccc1)N=P(c1ccccc1)(c1ccccc1)N=C2c1ccccc1. The van der Waals surface area contributed by atoms with Crippen molar-refractivity contribution in [2.75, 3.05) is 5.73 Å². The summed E-state index contributed by atoms with van der Waals surface area (Å²) in [6.45, 7) is 0. The predicted molar refractivity (Wildman–Crippen MR) is 141 cm³/mol. The summed E-state index contributed by atoms with van der Waals surface area (Å²) < 4.78 is 12.5. The van der Waals surface area contributed by atoms with Crippen molar-refractivity contribution in [2.45, 2.75) is 0 Å². The van der Waals surface area contributed by atoms with Crippen LogP contribution < -0.4 is 16.3 Å². The smallest absolute Gasteiger partial charge is 0.187 e. The molecule has 5 nitrogen and oxygen atoms in total. The van der Waals surface area contributed by atoms with Crippen LogP contribution in [0.2, 0.25) is 0 Å². The van der Waals surface area contributed by atoms with E-state index in [0.717, 1.165) is 33.1 Å². The molecule has 6 rings (SSSR count). The van der Waals surface area contributed by atoms with Gasteiger partial charge in [-0.05, 0) is 12.1 Å². The molecule has 0 spiro atoms. The highest BCUT2D eigenvalue weighted by Crippen LogP contribution is 2.56. The largest absolute Gasteiger partial charge is 0.383 e. The maximum absolute atomic E-state index is 6.72. The monoisotopic (exact) mass is 459 g/mol. The number of nitrogen functional groups attached to an aromatic ring is 1. The van der Waals surface area contributed by atoms with Gasteiger partial charge in [-0.2, -0.15) is 0 Å². The van der Waals surface area contributed by atoms with Gasteiger partial charge in [0.25, 0.3) is 0 Å². The minimum atomic E-state index is -2.57. The Kier molecular flexibility index (Phi) is 4.97. The summed E-state index contributed by atoms with van der Waals surface area (Å²) in [5, 5.41) is 7.07. The average molecular weight is 459 g/mol. The minimum absolute atomic E-state index is 0.534. The van der Waals surface area contributed by atoms with E-state index in [4.69, 9.17) is 20.3 Å². The van der Waals surface area contributed by atoms with Crippen LogP contribution in [0.3, 0.4) is 0 Å². The zero-order valence-corrected chi connectivity index (χ0v) is 19.3. The molecule has 0 fully saturated rings. The molecule has 0 unspecified atom stereocenters. The lowest BCUT2D eigenvalue weighted by Gasteiger charge is -2.26. The molecule has 0 atom stereocenters. The molecule has 0 aliphatic carbocycles. The summed E-state index contributed by atoms with van der Waals surface area (Å²) in [4.78, 5) is 0. The first kappa shape index (κ1) is 20.4. The third-order valence-electron chi connectivity index (χ3n) is 5.90. The summed E-state index contributed by atoms with van der Waals surface area (Å²) in [5.74, 6) is 1.16. The molecule has 2 N–H and O–H groups in total. The highest BCUT2D eigenvalue weighted by molar-refractivity contribution is 7.80. The molecule has 0 amide bonds. The minimum Gasteiger partial charge on any atom is -0.383 e. The van der Waals surface area contributed by atoms with Crippen LogP contribution in [0.1, 0.15) is 11.1 Å². The van der Waals surface area contributed by atoms with E-state index in [1.807, 2.05) is 84.9 Å². The van der Waals surface area contributed by atoms with Gasteiger partial charge in [0.05, 0.1) is 17.0 Å². The maximum atomic E-state index is 6.72. The van der Waals surface area contributed by atoms with E-state index in [9.17, 15) is 0 Å². The van der Waals surface area contributed by atoms with Crippen LogP contribution in [0.5, 0.6) is 0 Å². The van der Waals surface area contributed by atoms with Crippen molar-refractivity contribution < 1.29 is 0 Å². The second kappa shape index (κ2) is 8.29. The molecule has 0 radical (unpaired) electrons. The summed E-state index contributed by atoms with van der Waals surface area (Å²) >= 11 is 0. The molecule has 0 saturated heterocycles. The summed E-state index contributed by atoms with van der Waals surface area (Å²) in [6.07, 6.45) is 0. The van der Waals surface area contributed by atoms with Crippen LogP contribution >= 0.6 is 7.21 Å². The predicted octanol–water partition coefficient (Wildman–Crippen LogP) is 5.70. The summed E-state index contributed by atoms with van der Waals surface area (Å²) in [5.41, 5.74) is 10.2. The molecule has 1 aromatic heterocycles. The zero-order valence-electron chi connectivity index (χ0n) is 18.4. The molecule has 2 heterocycles. The number of hydrogen-bond acceptors (Lipinski definition) is 4. The van der Waals surface area contributed by atoms with Crippen molar-refractivity contribution in [1.82, 2.24) is 9.78 Å². The number of para-hydroxylation sites is 1. The Balaban J connectivity index is 1.72. The molecule has 0 bridgehead atoms. The highest BCUT2D eigenvalue weighted by Gasteiger charge is 2.34. The fraction of sp³-hybridized carbons (Fsp3) is 0. The van der Waals surface area contributed by atoms with Gasteiger partial charge in [0.2, 0.25) is 0 Å². The molecular formula is C28H22N5P. The number of hydrogen-bond donors (Lipinski definition) is 1. The highest BCUT2D eigenvalue weighted by atomic mass is 31.2. The van der Waals surface area contributed by atoms with Crippen molar-refractivity contribution in [3.63, 3.8) is 0 Å². The Labute approximate surface area is 198 Å². The molecule has 34 heavy (non-hydrogen) atoms. The molecule has 5 aromatic rings. The van der Waals surface area contributed by atoms with Crippen molar-refractivity contribution >= 4 is 35.2 Å². The first-order valence-corrected chi connectivity index (χ1v) is 12.8. The topological polar surface area (TPSA) is 68.6 Å². The van der Waals surface area contributed by atoms with E-state index in [2.05, 4.69) is 36.4 Å². The standard InChI is InChI=1S/C28H22N5P/c29-27-25-26(21-13-5-1-6-14-21)31-34(23-17-9-3-10-18-23,24-19-11-4-12-20-24)32-28(25)30-33(27)22-15-7-2-8-16-22/h1-20H,29H2. The van der Waals surface area contributed by atoms with Crippen molar-refractivity contribution in [1.29, 1.82) is 0 Å². The van der Waals surface area contributed by atoms with Gasteiger partial charge in [-0.25, -0.2) is 14.2 Å². The van der Waals surface area contributed by atoms with Crippen LogP contribution in [0, 0.1) is 0 Å². The average Bonchev–Trinajstić information content (AvgIpc) is 3.26. The van der Waals surface area contributed by atoms with E-state index in [0.29, 0.717) is 11.6 Å². The molecular weight excluding hydrogens is 437 g/mol. The summed E-state index contributed by atoms with van der Waals surface area (Å²) in [7, 11) is -2.57. The van der Waals surface area contributed by atoms with E-state index in [-0.39, 0.29) is 0 Å². The van der Waals surface area contributed by atoms with Crippen LogP contribution in [-0.4, -0.2) is 15.5 Å². The zero-order chi connectivity index (χ0) is 23.0. The van der Waals surface area contributed by atoms with Crippen LogP contribution in [-0.2, 0) is 0 Å². The number of nitrogens with two attached hydrogens (primary N) is 1. The number of aromatic nitrogens is 2. The van der Waals surface area contributed by atoms with Gasteiger partial charge in [-0.15, -0.1) is 5.10 Å². The normalized spacial score (nSPS) is 14.1. The molecule has 0 saturated carbocycles. The second-order valence-electron chi connectivity index (χ2n) is 8.02. The van der Waals surface area contributed by atoms with Crippen LogP contribution in [0.25, 0.3) is 5.69 Å². The van der Waals surface area contributed by atoms with Gasteiger partial charge in [0.15, 0.2) is 5.82 Å². The van der Waals surface area contributed by atoms with Crippen molar-refractivity contribution in [2.24, 2.45) is 9.51 Å². The Morgan fingerprint density at radius 2 is 1.12 bits per heavy atom. The third kappa shape index (κ3) is 3.30. The van der Waals surface area contributed by atoms with Gasteiger partial charge in [0, 0.05) is 16.2 Å². The molecule has 1 aliphatic heterocycles. The Morgan fingerprint density at radius 1 is 0.618 bits per heavy atom. The van der Waals surface area contributed by atoms with E-state index in [1.54, 1.807) is 4.68 Å². The van der Waals surface area contributed by atoms with Crippen molar-refractivity contribution in [3.8, 4) is 5.69 Å². The Hall–Kier alpha value is -4.21. The quantitative estimate of drug-likeness (QED) is 0.350. The number of nitrogens with zero attached hydrogens (tertiary/aromatic N) is 4. The van der Waals surface area contributed by atoms with E-state index < -0.39 is 7.21 Å². The number of benzene rings is 4. The van der Waals surface area contributed by atoms with Gasteiger partial charge in [-0.3, -0.25) is 0 Å².